The van der Waals surface area contributed by atoms with Gasteiger partial charge >= 0.3 is 0 Å². The van der Waals surface area contributed by atoms with E-state index < -0.39 is 0 Å². The second-order valence-corrected chi connectivity index (χ2v) is 5.63. The van der Waals surface area contributed by atoms with Gasteiger partial charge in [-0.3, -0.25) is 4.79 Å². The van der Waals surface area contributed by atoms with Gasteiger partial charge in [-0.1, -0.05) is 0 Å². The molecule has 17 heavy (non-hydrogen) atoms. The summed E-state index contributed by atoms with van der Waals surface area (Å²) >= 11 is 3.19. The zero-order chi connectivity index (χ0) is 13.1. The first-order valence-corrected chi connectivity index (χ1v) is 6.07. The fourth-order valence-electron chi connectivity index (χ4n) is 1.13. The van der Waals surface area contributed by atoms with Crippen LogP contribution < -0.4 is 10.6 Å². The van der Waals surface area contributed by atoms with Crippen molar-refractivity contribution < 1.29 is 9.18 Å². The monoisotopic (exact) mass is 302 g/mol. The molecular weight excluding hydrogens is 287 g/mol. The minimum atomic E-state index is -0.345. The second kappa shape index (κ2) is 5.60. The molecule has 0 atom stereocenters. The first-order chi connectivity index (χ1) is 7.78. The Hall–Kier alpha value is -0.940. The van der Waals surface area contributed by atoms with Crippen molar-refractivity contribution in [3.8, 4) is 0 Å². The van der Waals surface area contributed by atoms with Crippen molar-refractivity contribution in [2.75, 3.05) is 11.9 Å². The van der Waals surface area contributed by atoms with Gasteiger partial charge in [0, 0.05) is 10.0 Å². The van der Waals surface area contributed by atoms with Gasteiger partial charge in [-0.05, 0) is 54.9 Å². The van der Waals surface area contributed by atoms with Crippen LogP contribution in [0.15, 0.2) is 22.7 Å². The first-order valence-electron chi connectivity index (χ1n) is 5.28. The van der Waals surface area contributed by atoms with Gasteiger partial charge in [0.05, 0.1) is 12.2 Å². The molecule has 0 bridgehead atoms. The van der Waals surface area contributed by atoms with Crippen LogP contribution in [0.3, 0.4) is 0 Å². The lowest BCUT2D eigenvalue weighted by molar-refractivity contribution is -0.115. The van der Waals surface area contributed by atoms with Crippen LogP contribution in [0.4, 0.5) is 10.1 Å². The minimum absolute atomic E-state index is 0.114. The Morgan fingerprint density at radius 3 is 2.59 bits per heavy atom. The molecule has 94 valence electrons. The molecule has 0 aromatic heterocycles. The van der Waals surface area contributed by atoms with Crippen molar-refractivity contribution in [2.24, 2.45) is 0 Å². The normalized spacial score (nSPS) is 11.4. The van der Waals surface area contributed by atoms with E-state index in [1.165, 1.54) is 18.2 Å². The fraction of sp³-hybridized carbons (Fsp3) is 0.417. The zero-order valence-corrected chi connectivity index (χ0v) is 11.7. The SMILES string of the molecule is CC(C)(C)NCC(=O)Nc1ccc(F)cc1Br. The lowest BCUT2D eigenvalue weighted by Gasteiger charge is -2.20. The van der Waals surface area contributed by atoms with E-state index in [0.717, 1.165) is 0 Å². The molecule has 0 aliphatic rings. The Balaban J connectivity index is 2.57. The second-order valence-electron chi connectivity index (χ2n) is 4.78. The Morgan fingerprint density at radius 1 is 1.41 bits per heavy atom. The first kappa shape index (κ1) is 14.1. The molecule has 3 nitrogen and oxygen atoms in total. The van der Waals surface area contributed by atoms with E-state index in [1.54, 1.807) is 0 Å². The van der Waals surface area contributed by atoms with E-state index in [-0.39, 0.29) is 23.8 Å². The van der Waals surface area contributed by atoms with Crippen molar-refractivity contribution in [2.45, 2.75) is 26.3 Å². The number of hydrogen-bond acceptors (Lipinski definition) is 2. The Morgan fingerprint density at radius 2 is 2.06 bits per heavy atom. The van der Waals surface area contributed by atoms with Crippen molar-refractivity contribution in [1.29, 1.82) is 0 Å². The summed E-state index contributed by atoms with van der Waals surface area (Å²) in [5, 5.41) is 5.77. The van der Waals surface area contributed by atoms with E-state index in [1.807, 2.05) is 20.8 Å². The maximum Gasteiger partial charge on any atom is 0.238 e. The number of amides is 1. The molecule has 0 aliphatic carbocycles. The van der Waals surface area contributed by atoms with Gasteiger partial charge in [0.25, 0.3) is 0 Å². The maximum absolute atomic E-state index is 12.8. The Labute approximate surface area is 109 Å². The summed E-state index contributed by atoms with van der Waals surface area (Å²) in [6.45, 7) is 6.16. The van der Waals surface area contributed by atoms with Crippen LogP contribution in [0.5, 0.6) is 0 Å². The number of hydrogen-bond donors (Lipinski definition) is 2. The largest absolute Gasteiger partial charge is 0.324 e. The molecule has 0 saturated heterocycles. The van der Waals surface area contributed by atoms with Crippen LogP contribution >= 0.6 is 15.9 Å². The lowest BCUT2D eigenvalue weighted by atomic mass is 10.1. The predicted molar refractivity (Wildman–Crippen MR) is 70.5 cm³/mol. The molecule has 0 saturated carbocycles. The standard InChI is InChI=1S/C12H16BrFN2O/c1-12(2,3)15-7-11(17)16-10-5-4-8(14)6-9(10)13/h4-6,15H,7H2,1-3H3,(H,16,17). The minimum Gasteiger partial charge on any atom is -0.324 e. The average molecular weight is 303 g/mol. The highest BCUT2D eigenvalue weighted by Gasteiger charge is 2.12. The van der Waals surface area contributed by atoms with Crippen LogP contribution in [0, 0.1) is 5.82 Å². The smallest absolute Gasteiger partial charge is 0.238 e. The summed E-state index contributed by atoms with van der Waals surface area (Å²) in [5.74, 6) is -0.505. The number of rotatable bonds is 3. The molecule has 0 unspecified atom stereocenters. The summed E-state index contributed by atoms with van der Waals surface area (Å²) in [5.41, 5.74) is 0.448. The Bertz CT molecular complexity index is 415. The number of carbonyl (C=O) groups is 1. The molecule has 0 spiro atoms. The fourth-order valence-corrected chi connectivity index (χ4v) is 1.58. The number of carbonyl (C=O) groups excluding carboxylic acids is 1. The number of nitrogens with one attached hydrogen (secondary N) is 2. The molecule has 0 fully saturated rings. The van der Waals surface area contributed by atoms with Gasteiger partial charge in [-0.2, -0.15) is 0 Å². The van der Waals surface area contributed by atoms with Gasteiger partial charge in [-0.15, -0.1) is 0 Å². The quantitative estimate of drug-likeness (QED) is 0.901. The third-order valence-corrected chi connectivity index (χ3v) is 2.64. The molecular formula is C12H16BrFN2O. The molecule has 0 radical (unpaired) electrons. The summed E-state index contributed by atoms with van der Waals surface area (Å²) in [7, 11) is 0. The van der Waals surface area contributed by atoms with Gasteiger partial charge < -0.3 is 10.6 Å². The summed E-state index contributed by atoms with van der Waals surface area (Å²) in [6, 6.07) is 4.14. The van der Waals surface area contributed by atoms with Gasteiger partial charge in [0.2, 0.25) is 5.91 Å². The molecule has 2 N–H and O–H groups in total. The predicted octanol–water partition coefficient (Wildman–Crippen LogP) is 2.91. The molecule has 1 aromatic rings. The van der Waals surface area contributed by atoms with Crippen LogP contribution in [0.25, 0.3) is 0 Å². The Kier molecular flexibility index (Phi) is 4.65. The summed E-state index contributed by atoms with van der Waals surface area (Å²) in [4.78, 5) is 11.6. The van der Waals surface area contributed by atoms with Crippen LogP contribution in [0.2, 0.25) is 0 Å². The third-order valence-electron chi connectivity index (χ3n) is 1.98. The third kappa shape index (κ3) is 5.28. The van der Waals surface area contributed by atoms with Crippen molar-refractivity contribution in [3.63, 3.8) is 0 Å². The van der Waals surface area contributed by atoms with Crippen LogP contribution in [0.1, 0.15) is 20.8 Å². The van der Waals surface area contributed by atoms with E-state index in [0.29, 0.717) is 10.2 Å². The van der Waals surface area contributed by atoms with Crippen LogP contribution in [-0.4, -0.2) is 18.0 Å². The summed E-state index contributed by atoms with van der Waals surface area (Å²) < 4.78 is 13.4. The van der Waals surface area contributed by atoms with Gasteiger partial charge in [-0.25, -0.2) is 4.39 Å². The molecule has 1 rings (SSSR count). The maximum atomic E-state index is 12.8. The molecule has 1 amide bonds. The van der Waals surface area contributed by atoms with E-state index in [2.05, 4.69) is 26.6 Å². The van der Waals surface area contributed by atoms with Crippen molar-refractivity contribution in [3.05, 3.63) is 28.5 Å². The highest BCUT2D eigenvalue weighted by molar-refractivity contribution is 9.10. The lowest BCUT2D eigenvalue weighted by Crippen LogP contribution is -2.41. The zero-order valence-electron chi connectivity index (χ0n) is 10.1. The topological polar surface area (TPSA) is 41.1 Å². The average Bonchev–Trinajstić information content (AvgIpc) is 2.18. The number of halogens is 2. The van der Waals surface area contributed by atoms with Crippen molar-refractivity contribution in [1.82, 2.24) is 5.32 Å². The molecule has 0 heterocycles. The highest BCUT2D eigenvalue weighted by atomic mass is 79.9. The van der Waals surface area contributed by atoms with E-state index >= 15 is 0 Å². The van der Waals surface area contributed by atoms with Crippen LogP contribution in [-0.2, 0) is 4.79 Å². The molecule has 0 aliphatic heterocycles. The molecule has 1 aromatic carbocycles. The summed E-state index contributed by atoms with van der Waals surface area (Å²) in [6.07, 6.45) is 0. The number of anilines is 1. The van der Waals surface area contributed by atoms with Crippen molar-refractivity contribution >= 4 is 27.5 Å². The molecule has 5 heteroatoms. The number of benzene rings is 1. The van der Waals surface area contributed by atoms with Gasteiger partial charge in [0.1, 0.15) is 5.82 Å². The van der Waals surface area contributed by atoms with E-state index in [4.69, 9.17) is 0 Å². The van der Waals surface area contributed by atoms with E-state index in [9.17, 15) is 9.18 Å². The highest BCUT2D eigenvalue weighted by Crippen LogP contribution is 2.22. The van der Waals surface area contributed by atoms with Gasteiger partial charge in [0.15, 0.2) is 0 Å².